The van der Waals surface area contributed by atoms with E-state index in [1.807, 2.05) is 0 Å². The lowest BCUT2D eigenvalue weighted by Crippen LogP contribution is -2.34. The zero-order chi connectivity index (χ0) is 8.01. The maximum absolute atomic E-state index is 11.3. The van der Waals surface area contributed by atoms with E-state index in [4.69, 9.17) is 5.11 Å². The third kappa shape index (κ3) is 1.13. The van der Waals surface area contributed by atoms with Crippen molar-refractivity contribution in [2.24, 2.45) is 11.8 Å². The molecule has 1 heterocycles. The molecular formula is C8H13NO2. The summed E-state index contributed by atoms with van der Waals surface area (Å²) in [6.45, 7) is 3.12. The van der Waals surface area contributed by atoms with E-state index in [2.05, 4.69) is 0 Å². The van der Waals surface area contributed by atoms with Gasteiger partial charge in [-0.1, -0.05) is 0 Å². The molecule has 1 saturated heterocycles. The smallest absolute Gasteiger partial charge is 0.226 e. The summed E-state index contributed by atoms with van der Waals surface area (Å²) < 4.78 is 0. The van der Waals surface area contributed by atoms with Gasteiger partial charge in [0.05, 0.1) is 6.10 Å². The second kappa shape index (κ2) is 2.21. The lowest BCUT2D eigenvalue weighted by molar-refractivity contribution is -0.131. The van der Waals surface area contributed by atoms with Gasteiger partial charge in [-0.25, -0.2) is 0 Å². The van der Waals surface area contributed by atoms with E-state index in [1.54, 1.807) is 11.8 Å². The van der Waals surface area contributed by atoms with Crippen LogP contribution in [0.25, 0.3) is 0 Å². The zero-order valence-electron chi connectivity index (χ0n) is 6.66. The van der Waals surface area contributed by atoms with E-state index in [-0.39, 0.29) is 12.0 Å². The lowest BCUT2D eigenvalue weighted by atomic mass is 10.3. The number of fused-ring (bicyclic) bond motifs is 1. The molecule has 2 rings (SSSR count). The Morgan fingerprint density at radius 2 is 2.55 bits per heavy atom. The molecule has 1 N–H and O–H groups in total. The first kappa shape index (κ1) is 7.10. The van der Waals surface area contributed by atoms with Crippen LogP contribution in [0, 0.1) is 11.8 Å². The summed E-state index contributed by atoms with van der Waals surface area (Å²) in [7, 11) is 0. The average molecular weight is 155 g/mol. The number of likely N-dealkylation sites (tertiary alicyclic amines) is 1. The van der Waals surface area contributed by atoms with Gasteiger partial charge in [-0.15, -0.1) is 0 Å². The SMILES string of the molecule is CC(O)CN1CC2CC2C1=O. The highest BCUT2D eigenvalue weighted by Gasteiger charge is 2.51. The molecule has 1 saturated carbocycles. The zero-order valence-corrected chi connectivity index (χ0v) is 6.66. The molecule has 0 aromatic heterocycles. The Labute approximate surface area is 66.0 Å². The first-order valence-corrected chi connectivity index (χ1v) is 4.15. The lowest BCUT2D eigenvalue weighted by Gasteiger charge is -2.19. The molecular weight excluding hydrogens is 142 g/mol. The Kier molecular flexibility index (Phi) is 1.42. The molecule has 0 spiro atoms. The molecule has 1 amide bonds. The third-order valence-corrected chi connectivity index (χ3v) is 2.49. The molecule has 62 valence electrons. The first-order valence-electron chi connectivity index (χ1n) is 4.15. The summed E-state index contributed by atoms with van der Waals surface area (Å²) in [5.41, 5.74) is 0. The number of piperidine rings is 1. The Balaban J connectivity index is 1.92. The molecule has 1 aliphatic carbocycles. The van der Waals surface area contributed by atoms with Crippen LogP contribution < -0.4 is 0 Å². The van der Waals surface area contributed by atoms with Gasteiger partial charge in [0, 0.05) is 19.0 Å². The molecule has 0 bridgehead atoms. The summed E-state index contributed by atoms with van der Waals surface area (Å²) >= 11 is 0. The molecule has 0 aromatic carbocycles. The van der Waals surface area contributed by atoms with E-state index < -0.39 is 0 Å². The van der Waals surface area contributed by atoms with Crippen molar-refractivity contribution in [3.63, 3.8) is 0 Å². The number of hydrogen-bond acceptors (Lipinski definition) is 2. The number of aliphatic hydroxyl groups excluding tert-OH is 1. The fourth-order valence-corrected chi connectivity index (χ4v) is 1.84. The predicted octanol–water partition coefficient (Wildman–Crippen LogP) is -0.155. The minimum Gasteiger partial charge on any atom is -0.392 e. The number of carbonyl (C=O) groups is 1. The van der Waals surface area contributed by atoms with E-state index in [0.717, 1.165) is 13.0 Å². The summed E-state index contributed by atoms with van der Waals surface area (Å²) in [6.07, 6.45) is 0.714. The van der Waals surface area contributed by atoms with E-state index in [1.165, 1.54) is 0 Å². The van der Waals surface area contributed by atoms with Gasteiger partial charge in [0.1, 0.15) is 0 Å². The summed E-state index contributed by atoms with van der Waals surface area (Å²) in [5.74, 6) is 1.21. The Morgan fingerprint density at radius 1 is 1.82 bits per heavy atom. The minimum absolute atomic E-state index is 0.260. The predicted molar refractivity (Wildman–Crippen MR) is 39.9 cm³/mol. The van der Waals surface area contributed by atoms with Crippen molar-refractivity contribution in [2.45, 2.75) is 19.4 Å². The quantitative estimate of drug-likeness (QED) is 0.602. The molecule has 2 aliphatic rings. The molecule has 3 heteroatoms. The first-order chi connectivity index (χ1) is 5.18. The van der Waals surface area contributed by atoms with E-state index >= 15 is 0 Å². The molecule has 1 aliphatic heterocycles. The van der Waals surface area contributed by atoms with Crippen LogP contribution >= 0.6 is 0 Å². The standard InChI is InChI=1S/C8H13NO2/c1-5(10)3-9-4-6-2-7(6)8(9)11/h5-7,10H,2-4H2,1H3. The number of hydrogen-bond donors (Lipinski definition) is 1. The van der Waals surface area contributed by atoms with Crippen molar-refractivity contribution >= 4 is 5.91 Å². The summed E-state index contributed by atoms with van der Waals surface area (Å²) in [6, 6.07) is 0. The maximum atomic E-state index is 11.3. The van der Waals surface area contributed by atoms with Crippen molar-refractivity contribution in [3.05, 3.63) is 0 Å². The number of carbonyl (C=O) groups excluding carboxylic acids is 1. The number of amides is 1. The second-order valence-electron chi connectivity index (χ2n) is 3.69. The van der Waals surface area contributed by atoms with Gasteiger partial charge in [-0.3, -0.25) is 4.79 Å². The van der Waals surface area contributed by atoms with E-state index in [0.29, 0.717) is 18.4 Å². The minimum atomic E-state index is -0.378. The second-order valence-corrected chi connectivity index (χ2v) is 3.69. The topological polar surface area (TPSA) is 40.5 Å². The van der Waals surface area contributed by atoms with Gasteiger partial charge >= 0.3 is 0 Å². The van der Waals surface area contributed by atoms with Crippen LogP contribution in [0.5, 0.6) is 0 Å². The normalized spacial score (nSPS) is 37.3. The summed E-state index contributed by atoms with van der Waals surface area (Å²) in [5, 5.41) is 9.04. The molecule has 3 atom stereocenters. The number of β-amino-alcohol motifs (C(OH)–C–C–N with tert-alkyl or cyclic N) is 1. The molecule has 0 radical (unpaired) electrons. The van der Waals surface area contributed by atoms with Crippen molar-refractivity contribution < 1.29 is 9.90 Å². The number of aliphatic hydroxyl groups is 1. The fraction of sp³-hybridized carbons (Fsp3) is 0.875. The number of rotatable bonds is 2. The van der Waals surface area contributed by atoms with Gasteiger partial charge in [0.25, 0.3) is 0 Å². The molecule has 3 unspecified atom stereocenters. The van der Waals surface area contributed by atoms with Crippen LogP contribution in [0.15, 0.2) is 0 Å². The summed E-state index contributed by atoms with van der Waals surface area (Å²) in [4.78, 5) is 13.1. The fourth-order valence-electron chi connectivity index (χ4n) is 1.84. The van der Waals surface area contributed by atoms with E-state index in [9.17, 15) is 4.79 Å². The average Bonchev–Trinajstić information content (AvgIpc) is 2.58. The van der Waals surface area contributed by atoms with Crippen LogP contribution in [0.4, 0.5) is 0 Å². The van der Waals surface area contributed by atoms with Crippen LogP contribution in [0.2, 0.25) is 0 Å². The Morgan fingerprint density at radius 3 is 3.00 bits per heavy atom. The van der Waals surface area contributed by atoms with Gasteiger partial charge in [-0.05, 0) is 19.3 Å². The monoisotopic (exact) mass is 155 g/mol. The maximum Gasteiger partial charge on any atom is 0.226 e. The molecule has 2 fully saturated rings. The van der Waals surface area contributed by atoms with Gasteiger partial charge in [0.2, 0.25) is 5.91 Å². The van der Waals surface area contributed by atoms with Crippen LogP contribution in [-0.4, -0.2) is 35.1 Å². The molecule has 0 aromatic rings. The number of nitrogens with zero attached hydrogens (tertiary/aromatic N) is 1. The van der Waals surface area contributed by atoms with Crippen LogP contribution in [0.1, 0.15) is 13.3 Å². The van der Waals surface area contributed by atoms with Crippen molar-refractivity contribution in [1.29, 1.82) is 0 Å². The molecule has 11 heavy (non-hydrogen) atoms. The highest BCUT2D eigenvalue weighted by Crippen LogP contribution is 2.45. The van der Waals surface area contributed by atoms with Gasteiger partial charge in [-0.2, -0.15) is 0 Å². The van der Waals surface area contributed by atoms with Crippen LogP contribution in [0.3, 0.4) is 0 Å². The van der Waals surface area contributed by atoms with Crippen molar-refractivity contribution in [2.75, 3.05) is 13.1 Å². The van der Waals surface area contributed by atoms with Crippen molar-refractivity contribution in [3.8, 4) is 0 Å². The van der Waals surface area contributed by atoms with Gasteiger partial charge in [0.15, 0.2) is 0 Å². The third-order valence-electron chi connectivity index (χ3n) is 2.49. The highest BCUT2D eigenvalue weighted by atomic mass is 16.3. The van der Waals surface area contributed by atoms with Crippen LogP contribution in [-0.2, 0) is 4.79 Å². The van der Waals surface area contributed by atoms with Crippen molar-refractivity contribution in [1.82, 2.24) is 4.90 Å². The highest BCUT2D eigenvalue weighted by molar-refractivity contribution is 5.84. The van der Waals surface area contributed by atoms with Gasteiger partial charge < -0.3 is 10.0 Å². The largest absolute Gasteiger partial charge is 0.392 e. The Hall–Kier alpha value is -0.570. The molecule has 3 nitrogen and oxygen atoms in total. The Bertz CT molecular complexity index is 191.